The second-order valence-corrected chi connectivity index (χ2v) is 9.52. The van der Waals surface area contributed by atoms with Gasteiger partial charge in [-0.2, -0.15) is 5.26 Å². The van der Waals surface area contributed by atoms with Crippen LogP contribution in [0.1, 0.15) is 31.2 Å². The van der Waals surface area contributed by atoms with Gasteiger partial charge in [0.05, 0.1) is 35.1 Å². The van der Waals surface area contributed by atoms with E-state index in [1.807, 2.05) is 30.3 Å². The Labute approximate surface area is 206 Å². The molecule has 2 aliphatic heterocycles. The minimum absolute atomic E-state index is 0.107. The van der Waals surface area contributed by atoms with Gasteiger partial charge in [-0.05, 0) is 50.2 Å². The number of anilines is 2. The molecule has 0 saturated carbocycles. The van der Waals surface area contributed by atoms with E-state index >= 15 is 0 Å². The summed E-state index contributed by atoms with van der Waals surface area (Å²) in [6, 6.07) is 14.2. The molecule has 0 amide bonds. The Kier molecular flexibility index (Phi) is 6.82. The molecular weight excluding hydrogens is 440 g/mol. The number of pyridine rings is 2. The van der Waals surface area contributed by atoms with E-state index in [-0.39, 0.29) is 12.2 Å². The van der Waals surface area contributed by atoms with Crippen LogP contribution < -0.4 is 9.80 Å². The first-order valence-corrected chi connectivity index (χ1v) is 12.3. The molecule has 2 aliphatic rings. The molecule has 3 aromatic rings. The maximum absolute atomic E-state index is 9.86. The molecule has 0 spiro atoms. The quantitative estimate of drug-likeness (QED) is 0.606. The van der Waals surface area contributed by atoms with Crippen LogP contribution in [0, 0.1) is 11.3 Å². The number of hydrogen-bond acceptors (Lipinski definition) is 8. The standard InChI is InChI=1S/C27H32N6O2/c1-19-16-33(26-6-5-21(15-28)27-24(26)4-3-8-30-27)18-23(35-19)17-31-10-12-32(13-11-31)22-7-9-29-25(14-22)20(2)34/h3-9,14,19-20,23,34H,10-13,16-18H2,1-2H3/t19-,20?,23+/m1/s1. The fourth-order valence-electron chi connectivity index (χ4n) is 5.20. The van der Waals surface area contributed by atoms with Gasteiger partial charge < -0.3 is 19.6 Å². The van der Waals surface area contributed by atoms with Crippen LogP contribution in [0.25, 0.3) is 10.9 Å². The molecule has 1 unspecified atom stereocenters. The summed E-state index contributed by atoms with van der Waals surface area (Å²) in [4.78, 5) is 16.0. The molecule has 8 nitrogen and oxygen atoms in total. The third-order valence-electron chi connectivity index (χ3n) is 6.93. The van der Waals surface area contributed by atoms with E-state index in [4.69, 9.17) is 4.74 Å². The molecule has 2 saturated heterocycles. The molecule has 4 heterocycles. The topological polar surface area (TPSA) is 88.8 Å². The zero-order valence-electron chi connectivity index (χ0n) is 20.3. The molecule has 0 radical (unpaired) electrons. The van der Waals surface area contributed by atoms with Crippen LogP contribution in [-0.2, 0) is 4.74 Å². The number of aliphatic hydroxyl groups excluding tert-OH is 1. The number of piperazine rings is 1. The van der Waals surface area contributed by atoms with Crippen molar-refractivity contribution >= 4 is 22.3 Å². The second-order valence-electron chi connectivity index (χ2n) is 9.52. The lowest BCUT2D eigenvalue weighted by atomic mass is 10.1. The summed E-state index contributed by atoms with van der Waals surface area (Å²) in [7, 11) is 0. The van der Waals surface area contributed by atoms with Gasteiger partial charge in [0, 0.05) is 75.0 Å². The Morgan fingerprint density at radius 1 is 1.09 bits per heavy atom. The number of benzene rings is 1. The van der Waals surface area contributed by atoms with Crippen molar-refractivity contribution in [1.29, 1.82) is 5.26 Å². The lowest BCUT2D eigenvalue weighted by Crippen LogP contribution is -2.54. The summed E-state index contributed by atoms with van der Waals surface area (Å²) in [6.45, 7) is 10.2. The molecule has 8 heteroatoms. The molecular formula is C27H32N6O2. The van der Waals surface area contributed by atoms with Crippen molar-refractivity contribution in [2.45, 2.75) is 32.2 Å². The zero-order chi connectivity index (χ0) is 24.4. The Hall–Kier alpha value is -3.25. The van der Waals surface area contributed by atoms with E-state index in [1.54, 1.807) is 19.3 Å². The molecule has 182 valence electrons. The summed E-state index contributed by atoms with van der Waals surface area (Å²) >= 11 is 0. The van der Waals surface area contributed by atoms with E-state index < -0.39 is 6.10 Å². The van der Waals surface area contributed by atoms with E-state index in [0.29, 0.717) is 11.3 Å². The van der Waals surface area contributed by atoms with Gasteiger partial charge in [0.25, 0.3) is 0 Å². The fourth-order valence-corrected chi connectivity index (χ4v) is 5.20. The third kappa shape index (κ3) is 5.08. The first kappa shape index (κ1) is 23.5. The molecule has 1 aromatic carbocycles. The Balaban J connectivity index is 1.24. The Morgan fingerprint density at radius 3 is 2.69 bits per heavy atom. The number of hydrogen-bond donors (Lipinski definition) is 1. The van der Waals surface area contributed by atoms with Crippen LogP contribution in [0.3, 0.4) is 0 Å². The first-order chi connectivity index (χ1) is 17.0. The molecule has 35 heavy (non-hydrogen) atoms. The lowest BCUT2D eigenvalue weighted by molar-refractivity contribution is -0.0327. The SMILES string of the molecule is CC(O)c1cc(N2CCN(C[C@H]3CN(c4ccc(C#N)c5ncccc45)C[C@@H](C)O3)CC2)ccn1. The van der Waals surface area contributed by atoms with Crippen LogP contribution in [0.4, 0.5) is 11.4 Å². The van der Waals surface area contributed by atoms with Gasteiger partial charge in [-0.1, -0.05) is 0 Å². The number of morpholine rings is 1. The van der Waals surface area contributed by atoms with Crippen molar-refractivity contribution in [2.24, 2.45) is 0 Å². The minimum Gasteiger partial charge on any atom is -0.387 e. The fraction of sp³-hybridized carbons (Fsp3) is 0.444. The summed E-state index contributed by atoms with van der Waals surface area (Å²) in [6.07, 6.45) is 3.18. The number of rotatable bonds is 5. The van der Waals surface area contributed by atoms with Crippen molar-refractivity contribution < 1.29 is 9.84 Å². The average Bonchev–Trinajstić information content (AvgIpc) is 2.88. The van der Waals surface area contributed by atoms with Gasteiger partial charge in [-0.3, -0.25) is 14.9 Å². The van der Waals surface area contributed by atoms with Crippen LogP contribution in [0.15, 0.2) is 48.8 Å². The second kappa shape index (κ2) is 10.2. The summed E-state index contributed by atoms with van der Waals surface area (Å²) in [5.74, 6) is 0. The highest BCUT2D eigenvalue weighted by atomic mass is 16.5. The summed E-state index contributed by atoms with van der Waals surface area (Å²) in [5, 5.41) is 20.4. The largest absolute Gasteiger partial charge is 0.387 e. The lowest BCUT2D eigenvalue weighted by Gasteiger charge is -2.42. The van der Waals surface area contributed by atoms with Gasteiger partial charge in [0.1, 0.15) is 6.07 Å². The zero-order valence-corrected chi connectivity index (χ0v) is 20.3. The van der Waals surface area contributed by atoms with E-state index in [2.05, 4.69) is 43.7 Å². The highest BCUT2D eigenvalue weighted by Gasteiger charge is 2.29. The molecule has 2 aromatic heterocycles. The van der Waals surface area contributed by atoms with Gasteiger partial charge in [-0.25, -0.2) is 0 Å². The Bertz CT molecular complexity index is 1220. The first-order valence-electron chi connectivity index (χ1n) is 12.3. The smallest absolute Gasteiger partial charge is 0.101 e. The van der Waals surface area contributed by atoms with Crippen molar-refractivity contribution in [1.82, 2.24) is 14.9 Å². The highest BCUT2D eigenvalue weighted by molar-refractivity contribution is 5.95. The van der Waals surface area contributed by atoms with Gasteiger partial charge in [0.2, 0.25) is 0 Å². The normalized spacial score (nSPS) is 22.2. The van der Waals surface area contributed by atoms with Crippen LogP contribution >= 0.6 is 0 Å². The maximum atomic E-state index is 9.86. The highest BCUT2D eigenvalue weighted by Crippen LogP contribution is 2.30. The van der Waals surface area contributed by atoms with E-state index in [0.717, 1.165) is 68.1 Å². The van der Waals surface area contributed by atoms with Crippen LogP contribution in [0.2, 0.25) is 0 Å². The van der Waals surface area contributed by atoms with Crippen LogP contribution in [-0.4, -0.2) is 78.0 Å². The van der Waals surface area contributed by atoms with Gasteiger partial charge in [-0.15, -0.1) is 0 Å². The number of nitriles is 1. The van der Waals surface area contributed by atoms with Gasteiger partial charge >= 0.3 is 0 Å². The predicted molar refractivity (Wildman–Crippen MR) is 137 cm³/mol. The molecule has 1 N–H and O–H groups in total. The molecule has 2 fully saturated rings. The van der Waals surface area contributed by atoms with Crippen molar-refractivity contribution in [2.75, 3.05) is 55.6 Å². The molecule has 0 bridgehead atoms. The minimum atomic E-state index is -0.561. The summed E-state index contributed by atoms with van der Waals surface area (Å²) in [5.41, 5.74) is 4.30. The third-order valence-corrected chi connectivity index (χ3v) is 6.93. The Morgan fingerprint density at radius 2 is 1.91 bits per heavy atom. The monoisotopic (exact) mass is 472 g/mol. The number of nitrogens with zero attached hydrogens (tertiary/aromatic N) is 6. The predicted octanol–water partition coefficient (Wildman–Crippen LogP) is 2.97. The number of fused-ring (bicyclic) bond motifs is 1. The van der Waals surface area contributed by atoms with Crippen molar-refractivity contribution in [3.05, 3.63) is 60.0 Å². The molecule has 3 atom stereocenters. The van der Waals surface area contributed by atoms with E-state index in [9.17, 15) is 10.4 Å². The molecule has 5 rings (SSSR count). The number of aromatic nitrogens is 2. The van der Waals surface area contributed by atoms with Crippen LogP contribution in [0.5, 0.6) is 0 Å². The molecule has 0 aliphatic carbocycles. The number of aliphatic hydroxyl groups is 1. The average molecular weight is 473 g/mol. The van der Waals surface area contributed by atoms with E-state index in [1.165, 1.54) is 0 Å². The van der Waals surface area contributed by atoms with Gasteiger partial charge in [0.15, 0.2) is 0 Å². The summed E-state index contributed by atoms with van der Waals surface area (Å²) < 4.78 is 6.35. The van der Waals surface area contributed by atoms with Crippen molar-refractivity contribution in [3.8, 4) is 6.07 Å². The number of ether oxygens (including phenoxy) is 1. The van der Waals surface area contributed by atoms with Crippen molar-refractivity contribution in [3.63, 3.8) is 0 Å². The maximum Gasteiger partial charge on any atom is 0.101 e.